The van der Waals surface area contributed by atoms with Gasteiger partial charge in [-0.1, -0.05) is 6.07 Å². The topological polar surface area (TPSA) is 51.4 Å². The van der Waals surface area contributed by atoms with E-state index in [0.29, 0.717) is 5.82 Å². The highest BCUT2D eigenvalue weighted by atomic mass is 16.5. The van der Waals surface area contributed by atoms with Gasteiger partial charge >= 0.3 is 0 Å². The first-order valence-corrected chi connectivity index (χ1v) is 5.61. The van der Waals surface area contributed by atoms with Crippen molar-refractivity contribution in [1.29, 1.82) is 0 Å². The van der Waals surface area contributed by atoms with Crippen molar-refractivity contribution in [3.05, 3.63) is 23.9 Å². The van der Waals surface area contributed by atoms with E-state index in [1.807, 2.05) is 18.3 Å². The number of anilines is 1. The molecule has 0 aliphatic carbocycles. The van der Waals surface area contributed by atoms with Gasteiger partial charge < -0.3 is 10.5 Å². The summed E-state index contributed by atoms with van der Waals surface area (Å²) in [7, 11) is 0. The third-order valence-electron chi connectivity index (χ3n) is 3.04. The van der Waals surface area contributed by atoms with Crippen molar-refractivity contribution in [3.63, 3.8) is 0 Å². The second-order valence-electron chi connectivity index (χ2n) is 4.88. The number of pyridine rings is 1. The quantitative estimate of drug-likeness (QED) is 0.817. The Hall–Kier alpha value is -1.13. The fourth-order valence-corrected chi connectivity index (χ4v) is 1.93. The fourth-order valence-electron chi connectivity index (χ4n) is 1.93. The lowest BCUT2D eigenvalue weighted by molar-refractivity contribution is -0.0553. The molecule has 1 aliphatic rings. The Morgan fingerprint density at radius 1 is 1.50 bits per heavy atom. The zero-order chi connectivity index (χ0) is 11.6. The molecular formula is C12H19N3O. The van der Waals surface area contributed by atoms with E-state index in [-0.39, 0.29) is 5.54 Å². The van der Waals surface area contributed by atoms with Crippen LogP contribution in [-0.4, -0.2) is 35.2 Å². The highest BCUT2D eigenvalue weighted by Gasteiger charge is 2.30. The molecule has 1 aliphatic heterocycles. The SMILES string of the molecule is CC1(C)COCCN1Cc1ccc(N)nc1. The van der Waals surface area contributed by atoms with Crippen LogP contribution < -0.4 is 5.73 Å². The van der Waals surface area contributed by atoms with Crippen LogP contribution in [0.25, 0.3) is 0 Å². The molecule has 2 N–H and O–H groups in total. The number of nitrogen functional groups attached to an aromatic ring is 1. The number of nitrogens with two attached hydrogens (primary N) is 1. The zero-order valence-electron chi connectivity index (χ0n) is 9.94. The van der Waals surface area contributed by atoms with E-state index in [1.54, 1.807) is 0 Å². The average molecular weight is 221 g/mol. The Balaban J connectivity index is 2.05. The van der Waals surface area contributed by atoms with Crippen molar-refractivity contribution in [2.45, 2.75) is 25.9 Å². The molecule has 1 fully saturated rings. The number of morpholine rings is 1. The molecule has 0 radical (unpaired) electrons. The van der Waals surface area contributed by atoms with Crippen LogP contribution in [0, 0.1) is 0 Å². The molecule has 4 nitrogen and oxygen atoms in total. The monoisotopic (exact) mass is 221 g/mol. The van der Waals surface area contributed by atoms with Gasteiger partial charge in [-0.25, -0.2) is 4.98 Å². The molecule has 0 saturated carbocycles. The molecule has 4 heteroatoms. The highest BCUT2D eigenvalue weighted by Crippen LogP contribution is 2.21. The Morgan fingerprint density at radius 2 is 2.31 bits per heavy atom. The van der Waals surface area contributed by atoms with E-state index in [4.69, 9.17) is 10.5 Å². The van der Waals surface area contributed by atoms with Crippen LogP contribution in [-0.2, 0) is 11.3 Å². The molecule has 0 amide bonds. The summed E-state index contributed by atoms with van der Waals surface area (Å²) >= 11 is 0. The van der Waals surface area contributed by atoms with Crippen LogP contribution >= 0.6 is 0 Å². The zero-order valence-corrected chi connectivity index (χ0v) is 9.94. The van der Waals surface area contributed by atoms with Gasteiger partial charge in [0.1, 0.15) is 5.82 Å². The summed E-state index contributed by atoms with van der Waals surface area (Å²) in [6, 6.07) is 3.89. The van der Waals surface area contributed by atoms with Crippen molar-refractivity contribution in [2.24, 2.45) is 0 Å². The molecule has 0 aromatic carbocycles. The average Bonchev–Trinajstić information content (AvgIpc) is 2.24. The van der Waals surface area contributed by atoms with Gasteiger partial charge in [0.25, 0.3) is 0 Å². The maximum absolute atomic E-state index is 5.57. The van der Waals surface area contributed by atoms with Crippen LogP contribution in [0.15, 0.2) is 18.3 Å². The second kappa shape index (κ2) is 4.39. The predicted molar refractivity (Wildman–Crippen MR) is 64.0 cm³/mol. The van der Waals surface area contributed by atoms with Crippen LogP contribution in [0.1, 0.15) is 19.4 Å². The Kier molecular flexibility index (Phi) is 3.12. The maximum Gasteiger partial charge on any atom is 0.123 e. The van der Waals surface area contributed by atoms with Crippen molar-refractivity contribution in [1.82, 2.24) is 9.88 Å². The molecule has 88 valence electrons. The van der Waals surface area contributed by atoms with Crippen molar-refractivity contribution >= 4 is 5.82 Å². The number of hydrogen-bond acceptors (Lipinski definition) is 4. The summed E-state index contributed by atoms with van der Waals surface area (Å²) in [6.07, 6.45) is 1.85. The Bertz CT molecular complexity index is 348. The molecule has 0 spiro atoms. The third-order valence-corrected chi connectivity index (χ3v) is 3.04. The molecule has 1 aromatic rings. The maximum atomic E-state index is 5.57. The summed E-state index contributed by atoms with van der Waals surface area (Å²) in [5.41, 5.74) is 6.86. The lowest BCUT2D eigenvalue weighted by Gasteiger charge is -2.42. The van der Waals surface area contributed by atoms with E-state index in [1.165, 1.54) is 5.56 Å². The van der Waals surface area contributed by atoms with E-state index in [2.05, 4.69) is 23.7 Å². The minimum absolute atomic E-state index is 0.0969. The standard InChI is InChI=1S/C12H19N3O/c1-12(2)9-16-6-5-15(12)8-10-3-4-11(13)14-7-10/h3-4,7H,5-6,8-9H2,1-2H3,(H2,13,14). The van der Waals surface area contributed by atoms with Gasteiger partial charge in [-0.2, -0.15) is 0 Å². The molecule has 2 heterocycles. The summed E-state index contributed by atoms with van der Waals surface area (Å²) in [5, 5.41) is 0. The number of ether oxygens (including phenoxy) is 1. The molecule has 16 heavy (non-hydrogen) atoms. The number of hydrogen-bond donors (Lipinski definition) is 1. The summed E-state index contributed by atoms with van der Waals surface area (Å²) < 4.78 is 5.49. The summed E-state index contributed by atoms with van der Waals surface area (Å²) in [6.45, 7) is 7.88. The first-order valence-electron chi connectivity index (χ1n) is 5.61. The van der Waals surface area contributed by atoms with Crippen molar-refractivity contribution < 1.29 is 4.74 Å². The number of aromatic nitrogens is 1. The fraction of sp³-hybridized carbons (Fsp3) is 0.583. The van der Waals surface area contributed by atoms with Gasteiger partial charge in [0.2, 0.25) is 0 Å². The van der Waals surface area contributed by atoms with Gasteiger partial charge in [-0.05, 0) is 25.5 Å². The first-order chi connectivity index (χ1) is 7.58. The van der Waals surface area contributed by atoms with Crippen LogP contribution in [0.3, 0.4) is 0 Å². The second-order valence-corrected chi connectivity index (χ2v) is 4.88. The van der Waals surface area contributed by atoms with E-state index < -0.39 is 0 Å². The van der Waals surface area contributed by atoms with Crippen LogP contribution in [0.4, 0.5) is 5.82 Å². The summed E-state index contributed by atoms with van der Waals surface area (Å²) in [5.74, 6) is 0.574. The third kappa shape index (κ3) is 2.51. The van der Waals surface area contributed by atoms with Gasteiger partial charge in [0.05, 0.1) is 13.2 Å². The van der Waals surface area contributed by atoms with E-state index >= 15 is 0 Å². The van der Waals surface area contributed by atoms with Crippen molar-refractivity contribution in [2.75, 3.05) is 25.5 Å². The van der Waals surface area contributed by atoms with Gasteiger partial charge in [-0.3, -0.25) is 4.90 Å². The summed E-state index contributed by atoms with van der Waals surface area (Å²) in [4.78, 5) is 6.53. The lowest BCUT2D eigenvalue weighted by Crippen LogP contribution is -2.52. The molecule has 0 atom stereocenters. The van der Waals surface area contributed by atoms with Crippen LogP contribution in [0.2, 0.25) is 0 Å². The predicted octanol–water partition coefficient (Wildman–Crippen LogP) is 1.27. The molecule has 1 aromatic heterocycles. The smallest absolute Gasteiger partial charge is 0.123 e. The Morgan fingerprint density at radius 3 is 2.94 bits per heavy atom. The highest BCUT2D eigenvalue weighted by molar-refractivity contribution is 5.29. The minimum Gasteiger partial charge on any atom is -0.384 e. The molecule has 0 bridgehead atoms. The minimum atomic E-state index is 0.0969. The van der Waals surface area contributed by atoms with Gasteiger partial charge in [0, 0.05) is 24.8 Å². The molecule has 1 saturated heterocycles. The number of rotatable bonds is 2. The van der Waals surface area contributed by atoms with Gasteiger partial charge in [-0.15, -0.1) is 0 Å². The first kappa shape index (κ1) is 11.4. The number of nitrogens with zero attached hydrogens (tertiary/aromatic N) is 2. The molecular weight excluding hydrogens is 202 g/mol. The Labute approximate surface area is 96.4 Å². The normalized spacial score (nSPS) is 20.9. The van der Waals surface area contributed by atoms with Crippen molar-refractivity contribution in [3.8, 4) is 0 Å². The van der Waals surface area contributed by atoms with E-state index in [0.717, 1.165) is 26.3 Å². The largest absolute Gasteiger partial charge is 0.384 e. The van der Waals surface area contributed by atoms with Crippen LogP contribution in [0.5, 0.6) is 0 Å². The van der Waals surface area contributed by atoms with Gasteiger partial charge in [0.15, 0.2) is 0 Å². The molecule has 0 unspecified atom stereocenters. The molecule has 2 rings (SSSR count). The lowest BCUT2D eigenvalue weighted by atomic mass is 10.0. The van der Waals surface area contributed by atoms with E-state index in [9.17, 15) is 0 Å².